The number of hydrogen-bond donors (Lipinski definition) is 2. The monoisotopic (exact) mass is 268 g/mol. The standard InChI is InChI=1S/C12H13ClN2O3/c1-12(8-2-4-9(13)5-3-8)10(17)15(6-7-16)11(18)14-12/h2-5,16H,6-7H2,1H3,(H,14,18). The number of β-amino-alcohol motifs (C(OH)–C–C–N with tert-alkyl or cyclic N) is 1. The van der Waals surface area contributed by atoms with Crippen LogP contribution in [0.4, 0.5) is 4.79 Å². The minimum atomic E-state index is -1.10. The molecule has 0 saturated carbocycles. The van der Waals surface area contributed by atoms with Crippen LogP contribution in [0.5, 0.6) is 0 Å². The Hall–Kier alpha value is -1.59. The summed E-state index contributed by atoms with van der Waals surface area (Å²) in [5.41, 5.74) is -0.442. The summed E-state index contributed by atoms with van der Waals surface area (Å²) in [5, 5.41) is 12.0. The van der Waals surface area contributed by atoms with Gasteiger partial charge in [0, 0.05) is 5.02 Å². The molecule has 1 aliphatic heterocycles. The zero-order valence-electron chi connectivity index (χ0n) is 9.81. The Bertz CT molecular complexity index is 489. The second kappa shape index (κ2) is 4.59. The average molecular weight is 269 g/mol. The minimum absolute atomic E-state index is 0.00610. The molecule has 2 N–H and O–H groups in total. The smallest absolute Gasteiger partial charge is 0.325 e. The predicted molar refractivity (Wildman–Crippen MR) is 66.1 cm³/mol. The summed E-state index contributed by atoms with van der Waals surface area (Å²) >= 11 is 5.79. The molecule has 1 aliphatic rings. The molecule has 1 heterocycles. The molecule has 0 bridgehead atoms. The van der Waals surface area contributed by atoms with Crippen LogP contribution in [0.15, 0.2) is 24.3 Å². The van der Waals surface area contributed by atoms with Crippen LogP contribution in [0.1, 0.15) is 12.5 Å². The molecule has 5 nitrogen and oxygen atoms in total. The third kappa shape index (κ3) is 1.95. The Morgan fingerprint density at radius 1 is 1.33 bits per heavy atom. The highest BCUT2D eigenvalue weighted by atomic mass is 35.5. The molecule has 0 radical (unpaired) electrons. The maximum Gasteiger partial charge on any atom is 0.325 e. The summed E-state index contributed by atoms with van der Waals surface area (Å²) in [6, 6.07) is 6.23. The van der Waals surface area contributed by atoms with Crippen LogP contribution in [0.2, 0.25) is 5.02 Å². The van der Waals surface area contributed by atoms with E-state index < -0.39 is 11.6 Å². The van der Waals surface area contributed by atoms with Crippen molar-refractivity contribution < 1.29 is 14.7 Å². The van der Waals surface area contributed by atoms with Crippen LogP contribution in [0.25, 0.3) is 0 Å². The molecular formula is C12H13ClN2O3. The first-order valence-corrected chi connectivity index (χ1v) is 5.88. The summed E-state index contributed by atoms with van der Waals surface area (Å²) in [5.74, 6) is -0.371. The number of aliphatic hydroxyl groups is 1. The first-order chi connectivity index (χ1) is 8.49. The van der Waals surface area contributed by atoms with E-state index in [1.165, 1.54) is 0 Å². The van der Waals surface area contributed by atoms with Gasteiger partial charge in [-0.1, -0.05) is 23.7 Å². The van der Waals surface area contributed by atoms with Crippen molar-refractivity contribution in [3.63, 3.8) is 0 Å². The van der Waals surface area contributed by atoms with Gasteiger partial charge < -0.3 is 10.4 Å². The van der Waals surface area contributed by atoms with E-state index in [1.54, 1.807) is 31.2 Å². The second-order valence-corrected chi connectivity index (χ2v) is 4.68. The molecular weight excluding hydrogens is 256 g/mol. The molecule has 2 rings (SSSR count). The number of aliphatic hydroxyl groups excluding tert-OH is 1. The van der Waals surface area contributed by atoms with E-state index in [1.807, 2.05) is 0 Å². The van der Waals surface area contributed by atoms with Crippen molar-refractivity contribution in [3.05, 3.63) is 34.9 Å². The lowest BCUT2D eigenvalue weighted by Crippen LogP contribution is -2.41. The third-order valence-corrected chi connectivity index (χ3v) is 3.27. The van der Waals surface area contributed by atoms with Gasteiger partial charge in [-0.25, -0.2) is 4.79 Å². The van der Waals surface area contributed by atoms with Crippen molar-refractivity contribution in [2.24, 2.45) is 0 Å². The maximum absolute atomic E-state index is 12.2. The number of hydrogen-bond acceptors (Lipinski definition) is 3. The Labute approximate surface area is 109 Å². The summed E-state index contributed by atoms with van der Waals surface area (Å²) < 4.78 is 0. The van der Waals surface area contributed by atoms with Crippen molar-refractivity contribution in [2.45, 2.75) is 12.5 Å². The number of nitrogens with zero attached hydrogens (tertiary/aromatic N) is 1. The van der Waals surface area contributed by atoms with E-state index in [4.69, 9.17) is 16.7 Å². The van der Waals surface area contributed by atoms with E-state index in [9.17, 15) is 9.59 Å². The fourth-order valence-electron chi connectivity index (χ4n) is 1.98. The van der Waals surface area contributed by atoms with E-state index in [2.05, 4.69) is 5.32 Å². The number of rotatable bonds is 3. The van der Waals surface area contributed by atoms with Crippen molar-refractivity contribution in [1.82, 2.24) is 10.2 Å². The van der Waals surface area contributed by atoms with Gasteiger partial charge in [0.2, 0.25) is 0 Å². The fraction of sp³-hybridized carbons (Fsp3) is 0.333. The quantitative estimate of drug-likeness (QED) is 0.807. The van der Waals surface area contributed by atoms with Crippen molar-refractivity contribution in [1.29, 1.82) is 0 Å². The van der Waals surface area contributed by atoms with Gasteiger partial charge in [-0.15, -0.1) is 0 Å². The summed E-state index contributed by atoms with van der Waals surface area (Å²) in [6.45, 7) is 1.37. The van der Waals surface area contributed by atoms with Gasteiger partial charge in [-0.3, -0.25) is 9.69 Å². The summed E-state index contributed by atoms with van der Waals surface area (Å²) in [7, 11) is 0. The van der Waals surface area contributed by atoms with Crippen LogP contribution in [0, 0.1) is 0 Å². The molecule has 0 aliphatic carbocycles. The lowest BCUT2D eigenvalue weighted by Gasteiger charge is -2.22. The number of halogens is 1. The van der Waals surface area contributed by atoms with Crippen LogP contribution in [-0.2, 0) is 10.3 Å². The van der Waals surface area contributed by atoms with Crippen LogP contribution < -0.4 is 5.32 Å². The third-order valence-electron chi connectivity index (χ3n) is 3.02. The first kappa shape index (κ1) is 12.9. The molecule has 1 atom stereocenters. The number of urea groups is 1. The highest BCUT2D eigenvalue weighted by molar-refractivity contribution is 6.30. The molecule has 1 saturated heterocycles. The van der Waals surface area contributed by atoms with Gasteiger partial charge in [-0.05, 0) is 24.6 Å². The van der Waals surface area contributed by atoms with Crippen molar-refractivity contribution >= 4 is 23.5 Å². The van der Waals surface area contributed by atoms with Gasteiger partial charge in [0.15, 0.2) is 0 Å². The molecule has 1 aromatic rings. The Morgan fingerprint density at radius 3 is 2.50 bits per heavy atom. The van der Waals surface area contributed by atoms with Gasteiger partial charge in [-0.2, -0.15) is 0 Å². The molecule has 18 heavy (non-hydrogen) atoms. The number of carbonyl (C=O) groups is 2. The van der Waals surface area contributed by atoms with Crippen LogP contribution in [-0.4, -0.2) is 35.1 Å². The molecule has 6 heteroatoms. The topological polar surface area (TPSA) is 69.6 Å². The van der Waals surface area contributed by atoms with Gasteiger partial charge in [0.1, 0.15) is 5.54 Å². The SMILES string of the molecule is CC1(c2ccc(Cl)cc2)NC(=O)N(CCO)C1=O. The maximum atomic E-state index is 12.2. The molecule has 96 valence electrons. The zero-order valence-corrected chi connectivity index (χ0v) is 10.6. The highest BCUT2D eigenvalue weighted by Gasteiger charge is 2.48. The number of amides is 3. The molecule has 3 amide bonds. The number of carbonyl (C=O) groups excluding carboxylic acids is 2. The van der Waals surface area contributed by atoms with E-state index in [-0.39, 0.29) is 19.1 Å². The normalized spacial score (nSPS) is 23.4. The highest BCUT2D eigenvalue weighted by Crippen LogP contribution is 2.29. The fourth-order valence-corrected chi connectivity index (χ4v) is 2.10. The largest absolute Gasteiger partial charge is 0.395 e. The number of imide groups is 1. The molecule has 0 aromatic heterocycles. The second-order valence-electron chi connectivity index (χ2n) is 4.24. The Kier molecular flexibility index (Phi) is 3.28. The molecule has 1 fully saturated rings. The van der Waals surface area contributed by atoms with E-state index in [0.29, 0.717) is 10.6 Å². The van der Waals surface area contributed by atoms with Gasteiger partial charge >= 0.3 is 6.03 Å². The summed E-state index contributed by atoms with van der Waals surface area (Å²) in [4.78, 5) is 24.9. The van der Waals surface area contributed by atoms with Crippen LogP contribution >= 0.6 is 11.6 Å². The molecule has 0 spiro atoms. The zero-order chi connectivity index (χ0) is 13.3. The lowest BCUT2D eigenvalue weighted by molar-refractivity contribution is -0.131. The summed E-state index contributed by atoms with van der Waals surface area (Å²) in [6.07, 6.45) is 0. The minimum Gasteiger partial charge on any atom is -0.395 e. The number of benzene rings is 1. The first-order valence-electron chi connectivity index (χ1n) is 5.50. The lowest BCUT2D eigenvalue weighted by atomic mass is 9.92. The predicted octanol–water partition coefficient (Wildman–Crippen LogP) is 1.10. The number of nitrogens with one attached hydrogen (secondary N) is 1. The van der Waals surface area contributed by atoms with Gasteiger partial charge in [0.25, 0.3) is 5.91 Å². The van der Waals surface area contributed by atoms with E-state index in [0.717, 1.165) is 4.90 Å². The van der Waals surface area contributed by atoms with Crippen molar-refractivity contribution in [2.75, 3.05) is 13.2 Å². The van der Waals surface area contributed by atoms with Crippen LogP contribution in [0.3, 0.4) is 0 Å². The van der Waals surface area contributed by atoms with Gasteiger partial charge in [0.05, 0.1) is 13.2 Å². The molecule has 1 unspecified atom stereocenters. The Balaban J connectivity index is 2.35. The van der Waals surface area contributed by atoms with E-state index >= 15 is 0 Å². The van der Waals surface area contributed by atoms with Crippen molar-refractivity contribution in [3.8, 4) is 0 Å². The Morgan fingerprint density at radius 2 is 1.94 bits per heavy atom. The molecule has 1 aromatic carbocycles. The average Bonchev–Trinajstić information content (AvgIpc) is 2.55.